The van der Waals surface area contributed by atoms with Crippen molar-refractivity contribution in [3.05, 3.63) is 0 Å². The third-order valence-corrected chi connectivity index (χ3v) is 3.29. The molecule has 1 heterocycles. The van der Waals surface area contributed by atoms with Crippen LogP contribution in [0.25, 0.3) is 0 Å². The molecular formula is C12H24N2O3. The number of nitrogens with zero attached hydrogens (tertiary/aromatic N) is 2. The Morgan fingerprint density at radius 2 is 1.88 bits per heavy atom. The number of hydrogen-bond donors (Lipinski definition) is 1. The average molecular weight is 244 g/mol. The van der Waals surface area contributed by atoms with Crippen LogP contribution in [0.15, 0.2) is 0 Å². The minimum Gasteiger partial charge on any atom is -0.467 e. The zero-order valence-corrected chi connectivity index (χ0v) is 11.3. The third-order valence-electron chi connectivity index (χ3n) is 3.29. The SMILES string of the molecule is COC(=O)C(C)(O)CN1CCN(C(C)C)CC1. The Morgan fingerprint density at radius 1 is 1.35 bits per heavy atom. The lowest BCUT2D eigenvalue weighted by Gasteiger charge is -2.39. The summed E-state index contributed by atoms with van der Waals surface area (Å²) in [6.45, 7) is 9.93. The molecule has 1 fully saturated rings. The molecule has 1 unspecified atom stereocenters. The van der Waals surface area contributed by atoms with E-state index < -0.39 is 11.6 Å². The van der Waals surface area contributed by atoms with Crippen LogP contribution in [0.4, 0.5) is 0 Å². The summed E-state index contributed by atoms with van der Waals surface area (Å²) in [6, 6.07) is 0.554. The molecule has 0 aromatic rings. The summed E-state index contributed by atoms with van der Waals surface area (Å²) in [5, 5.41) is 9.98. The number of hydrogen-bond acceptors (Lipinski definition) is 5. The van der Waals surface area contributed by atoms with E-state index in [-0.39, 0.29) is 0 Å². The van der Waals surface area contributed by atoms with Crippen LogP contribution in [0.2, 0.25) is 0 Å². The second kappa shape index (κ2) is 5.80. The van der Waals surface area contributed by atoms with Crippen molar-refractivity contribution in [3.63, 3.8) is 0 Å². The second-order valence-corrected chi connectivity index (χ2v) is 5.17. The van der Waals surface area contributed by atoms with Crippen molar-refractivity contribution in [2.75, 3.05) is 39.8 Å². The molecule has 17 heavy (non-hydrogen) atoms. The predicted molar refractivity (Wildman–Crippen MR) is 65.8 cm³/mol. The van der Waals surface area contributed by atoms with Gasteiger partial charge >= 0.3 is 5.97 Å². The number of β-amino-alcohol motifs (C(OH)–C–C–N with tert-alkyl or cyclic N) is 1. The van der Waals surface area contributed by atoms with Crippen molar-refractivity contribution in [1.29, 1.82) is 0 Å². The van der Waals surface area contributed by atoms with E-state index in [1.54, 1.807) is 0 Å². The molecule has 0 aliphatic carbocycles. The molecule has 1 aliphatic rings. The van der Waals surface area contributed by atoms with Crippen molar-refractivity contribution in [3.8, 4) is 0 Å². The standard InChI is InChI=1S/C12H24N2O3/c1-10(2)14-7-5-13(6-8-14)9-12(3,16)11(15)17-4/h10,16H,5-9H2,1-4H3. The summed E-state index contributed by atoms with van der Waals surface area (Å²) in [4.78, 5) is 15.9. The highest BCUT2D eigenvalue weighted by Crippen LogP contribution is 2.12. The Balaban J connectivity index is 2.42. The molecule has 0 bridgehead atoms. The van der Waals surface area contributed by atoms with Crippen LogP contribution < -0.4 is 0 Å². The number of rotatable bonds is 4. The predicted octanol–water partition coefficient (Wildman–Crippen LogP) is -0.0636. The maximum Gasteiger partial charge on any atom is 0.338 e. The molecule has 1 rings (SSSR count). The molecule has 0 amide bonds. The molecule has 1 aliphatic heterocycles. The van der Waals surface area contributed by atoms with Crippen LogP contribution in [-0.2, 0) is 9.53 Å². The fourth-order valence-corrected chi connectivity index (χ4v) is 2.16. The molecular weight excluding hydrogens is 220 g/mol. The highest BCUT2D eigenvalue weighted by atomic mass is 16.5. The van der Waals surface area contributed by atoms with Crippen LogP contribution in [-0.4, -0.2) is 72.4 Å². The second-order valence-electron chi connectivity index (χ2n) is 5.17. The van der Waals surface area contributed by atoms with E-state index in [0.29, 0.717) is 12.6 Å². The van der Waals surface area contributed by atoms with E-state index in [9.17, 15) is 9.90 Å². The summed E-state index contributed by atoms with van der Waals surface area (Å²) < 4.78 is 4.59. The molecule has 1 saturated heterocycles. The Hall–Kier alpha value is -0.650. The van der Waals surface area contributed by atoms with Gasteiger partial charge in [0.15, 0.2) is 5.60 Å². The van der Waals surface area contributed by atoms with Crippen LogP contribution in [0, 0.1) is 0 Å². The third kappa shape index (κ3) is 3.94. The summed E-state index contributed by atoms with van der Waals surface area (Å²) >= 11 is 0. The number of piperazine rings is 1. The summed E-state index contributed by atoms with van der Waals surface area (Å²) in [5.41, 5.74) is -1.41. The Morgan fingerprint density at radius 3 is 2.29 bits per heavy atom. The van der Waals surface area contributed by atoms with E-state index in [0.717, 1.165) is 26.2 Å². The number of esters is 1. The first-order chi connectivity index (χ1) is 7.86. The fraction of sp³-hybridized carbons (Fsp3) is 0.917. The van der Waals surface area contributed by atoms with Gasteiger partial charge in [0.25, 0.3) is 0 Å². The van der Waals surface area contributed by atoms with Gasteiger partial charge in [-0.25, -0.2) is 4.79 Å². The lowest BCUT2D eigenvalue weighted by atomic mass is 10.1. The normalized spacial score (nSPS) is 22.5. The van der Waals surface area contributed by atoms with E-state index in [4.69, 9.17) is 0 Å². The minimum atomic E-state index is -1.41. The van der Waals surface area contributed by atoms with Gasteiger partial charge < -0.3 is 9.84 Å². The maximum absolute atomic E-state index is 11.4. The van der Waals surface area contributed by atoms with Gasteiger partial charge in [0, 0.05) is 38.8 Å². The van der Waals surface area contributed by atoms with Gasteiger partial charge in [0.05, 0.1) is 7.11 Å². The van der Waals surface area contributed by atoms with Crippen molar-refractivity contribution in [2.45, 2.75) is 32.4 Å². The molecule has 5 nitrogen and oxygen atoms in total. The number of aliphatic hydroxyl groups is 1. The van der Waals surface area contributed by atoms with E-state index >= 15 is 0 Å². The average Bonchev–Trinajstić information content (AvgIpc) is 2.28. The van der Waals surface area contributed by atoms with E-state index in [1.807, 2.05) is 0 Å². The molecule has 100 valence electrons. The Kier molecular flexibility index (Phi) is 4.91. The first kappa shape index (κ1) is 14.4. The van der Waals surface area contributed by atoms with Gasteiger partial charge in [0.2, 0.25) is 0 Å². The fourth-order valence-electron chi connectivity index (χ4n) is 2.16. The van der Waals surface area contributed by atoms with Crippen molar-refractivity contribution < 1.29 is 14.6 Å². The van der Waals surface area contributed by atoms with Gasteiger partial charge in [-0.3, -0.25) is 9.80 Å². The minimum absolute atomic E-state index is 0.339. The van der Waals surface area contributed by atoms with Gasteiger partial charge in [-0.15, -0.1) is 0 Å². The van der Waals surface area contributed by atoms with Gasteiger partial charge in [-0.05, 0) is 20.8 Å². The Labute approximate surface area is 103 Å². The van der Waals surface area contributed by atoms with E-state index in [2.05, 4.69) is 28.4 Å². The lowest BCUT2D eigenvalue weighted by molar-refractivity contribution is -0.162. The Bertz CT molecular complexity index is 258. The summed E-state index contributed by atoms with van der Waals surface area (Å²) in [6.07, 6.45) is 0. The maximum atomic E-state index is 11.4. The molecule has 0 aromatic heterocycles. The monoisotopic (exact) mass is 244 g/mol. The lowest BCUT2D eigenvalue weighted by Crippen LogP contribution is -2.54. The van der Waals surface area contributed by atoms with Gasteiger partial charge in [0.1, 0.15) is 0 Å². The van der Waals surface area contributed by atoms with Crippen molar-refractivity contribution in [2.24, 2.45) is 0 Å². The smallest absolute Gasteiger partial charge is 0.338 e. The molecule has 0 saturated carbocycles. The van der Waals surface area contributed by atoms with E-state index in [1.165, 1.54) is 14.0 Å². The molecule has 0 spiro atoms. The van der Waals surface area contributed by atoms with Gasteiger partial charge in [-0.2, -0.15) is 0 Å². The number of ether oxygens (including phenoxy) is 1. The number of methoxy groups -OCH3 is 1. The number of carbonyl (C=O) groups is 1. The van der Waals surface area contributed by atoms with Crippen LogP contribution in [0.5, 0.6) is 0 Å². The van der Waals surface area contributed by atoms with Crippen LogP contribution in [0.1, 0.15) is 20.8 Å². The van der Waals surface area contributed by atoms with Crippen molar-refractivity contribution >= 4 is 5.97 Å². The summed E-state index contributed by atoms with van der Waals surface area (Å²) in [5.74, 6) is -0.566. The van der Waals surface area contributed by atoms with Crippen molar-refractivity contribution in [1.82, 2.24) is 9.80 Å². The van der Waals surface area contributed by atoms with Gasteiger partial charge in [-0.1, -0.05) is 0 Å². The zero-order valence-electron chi connectivity index (χ0n) is 11.3. The highest BCUT2D eigenvalue weighted by Gasteiger charge is 2.34. The topological polar surface area (TPSA) is 53.0 Å². The molecule has 1 atom stereocenters. The van der Waals surface area contributed by atoms with Crippen LogP contribution in [0.3, 0.4) is 0 Å². The molecule has 5 heteroatoms. The molecule has 0 radical (unpaired) electrons. The quantitative estimate of drug-likeness (QED) is 0.702. The first-order valence-electron chi connectivity index (χ1n) is 6.14. The molecule has 1 N–H and O–H groups in total. The summed E-state index contributed by atoms with van der Waals surface area (Å²) in [7, 11) is 1.30. The number of carbonyl (C=O) groups excluding carboxylic acids is 1. The highest BCUT2D eigenvalue weighted by molar-refractivity contribution is 5.78. The molecule has 0 aromatic carbocycles. The first-order valence-corrected chi connectivity index (χ1v) is 6.14. The largest absolute Gasteiger partial charge is 0.467 e. The zero-order chi connectivity index (χ0) is 13.1. The van der Waals surface area contributed by atoms with Crippen LogP contribution >= 0.6 is 0 Å².